The summed E-state index contributed by atoms with van der Waals surface area (Å²) in [6.45, 7) is 8.84. The second-order valence-electron chi connectivity index (χ2n) is 8.34. The van der Waals surface area contributed by atoms with Crippen LogP contribution in [0, 0.1) is 20.8 Å². The molecule has 0 spiro atoms. The number of rotatable bonds is 6. The molecule has 1 aliphatic heterocycles. The summed E-state index contributed by atoms with van der Waals surface area (Å²) in [5, 5.41) is 6.11. The number of anilines is 2. The lowest BCUT2D eigenvalue weighted by Crippen LogP contribution is -2.40. The number of hydrogen-bond donors (Lipinski definition) is 3. The number of carbonyl (C=O) groups excluding carboxylic acids is 1. The van der Waals surface area contributed by atoms with Crippen LogP contribution in [0.15, 0.2) is 42.9 Å². The van der Waals surface area contributed by atoms with Gasteiger partial charge in [0.1, 0.15) is 5.82 Å². The molecule has 1 aliphatic rings. The topological polar surface area (TPSA) is 101 Å². The highest BCUT2D eigenvalue weighted by Crippen LogP contribution is 2.21. The molecule has 31 heavy (non-hydrogen) atoms. The minimum atomic E-state index is -0.455. The Morgan fingerprint density at radius 1 is 1.19 bits per heavy atom. The molecule has 1 aromatic carbocycles. The number of likely N-dealkylation sites (tertiary alicyclic amines) is 1. The number of benzene rings is 1. The van der Waals surface area contributed by atoms with Gasteiger partial charge in [-0.1, -0.05) is 6.07 Å². The number of carbonyl (C=O) groups is 1. The molecule has 162 valence electrons. The number of urea groups is 1. The number of hydrogen-bond acceptors (Lipinski definition) is 5. The van der Waals surface area contributed by atoms with E-state index in [0.29, 0.717) is 5.95 Å². The summed E-state index contributed by atoms with van der Waals surface area (Å²) >= 11 is 0. The van der Waals surface area contributed by atoms with Crippen molar-refractivity contribution in [3.63, 3.8) is 0 Å². The molecule has 1 saturated heterocycles. The molecule has 8 nitrogen and oxygen atoms in total. The van der Waals surface area contributed by atoms with Gasteiger partial charge in [-0.05, 0) is 67.6 Å². The van der Waals surface area contributed by atoms with Crippen molar-refractivity contribution in [2.24, 2.45) is 5.73 Å². The van der Waals surface area contributed by atoms with E-state index in [1.807, 2.05) is 10.6 Å². The molecule has 0 aliphatic carbocycles. The Bertz CT molecular complexity index is 1070. The van der Waals surface area contributed by atoms with Crippen LogP contribution < -0.4 is 16.4 Å². The van der Waals surface area contributed by atoms with Gasteiger partial charge in [0, 0.05) is 50.0 Å². The van der Waals surface area contributed by atoms with E-state index in [1.165, 1.54) is 22.3 Å². The van der Waals surface area contributed by atoms with Crippen LogP contribution in [-0.2, 0) is 6.54 Å². The number of amides is 2. The molecule has 0 saturated carbocycles. The minimum Gasteiger partial charge on any atom is -0.352 e. The molecule has 0 radical (unpaired) electrons. The smallest absolute Gasteiger partial charge is 0.312 e. The molecular formula is C23H29N7O. The number of aryl methyl sites for hydroxylation is 3. The molecule has 4 rings (SSSR count). The third kappa shape index (κ3) is 5.21. The van der Waals surface area contributed by atoms with E-state index in [4.69, 9.17) is 10.7 Å². The van der Waals surface area contributed by atoms with Gasteiger partial charge >= 0.3 is 6.03 Å². The molecular weight excluding hydrogens is 390 g/mol. The average molecular weight is 420 g/mol. The molecule has 1 unspecified atom stereocenters. The van der Waals surface area contributed by atoms with Crippen molar-refractivity contribution in [1.29, 1.82) is 0 Å². The summed E-state index contributed by atoms with van der Waals surface area (Å²) < 4.78 is 2.04. The predicted molar refractivity (Wildman–Crippen MR) is 122 cm³/mol. The lowest BCUT2D eigenvalue weighted by Gasteiger charge is -2.16. The third-order valence-corrected chi connectivity index (χ3v) is 5.53. The molecule has 3 heterocycles. The first-order valence-electron chi connectivity index (χ1n) is 10.5. The van der Waals surface area contributed by atoms with Crippen LogP contribution in [0.3, 0.4) is 0 Å². The van der Waals surface area contributed by atoms with E-state index in [-0.39, 0.29) is 6.04 Å². The molecule has 3 aromatic rings. The number of primary amides is 1. The second-order valence-corrected chi connectivity index (χ2v) is 8.34. The Kier molecular flexibility index (Phi) is 5.90. The van der Waals surface area contributed by atoms with E-state index < -0.39 is 6.03 Å². The summed E-state index contributed by atoms with van der Waals surface area (Å²) in [6, 6.07) is 7.87. The standard InChI is InChI=1S/C23H29N7O/c1-15-8-16(2)10-20(9-15)27-23-25-6-4-21(28-23)30-11-17(3)18(13-30)12-29-7-5-19(14-29)26-22(24)31/h4,6,8-11,13,19H,5,7,12,14H2,1-3H3,(H3,24,26,31)(H,25,27,28). The molecule has 8 heteroatoms. The highest BCUT2D eigenvalue weighted by atomic mass is 16.2. The van der Waals surface area contributed by atoms with Crippen LogP contribution in [0.1, 0.15) is 28.7 Å². The largest absolute Gasteiger partial charge is 0.352 e. The van der Waals surface area contributed by atoms with Crippen LogP contribution in [0.25, 0.3) is 5.82 Å². The fraction of sp³-hybridized carbons (Fsp3) is 0.348. The quantitative estimate of drug-likeness (QED) is 0.570. The normalized spacial score (nSPS) is 16.4. The van der Waals surface area contributed by atoms with Gasteiger partial charge in [-0.3, -0.25) is 4.90 Å². The van der Waals surface area contributed by atoms with Gasteiger partial charge in [-0.15, -0.1) is 0 Å². The molecule has 2 amide bonds. The Hall–Kier alpha value is -3.39. The van der Waals surface area contributed by atoms with Gasteiger partial charge in [0.25, 0.3) is 0 Å². The van der Waals surface area contributed by atoms with Crippen LogP contribution >= 0.6 is 0 Å². The van der Waals surface area contributed by atoms with Crippen molar-refractivity contribution >= 4 is 17.7 Å². The average Bonchev–Trinajstić information content (AvgIpc) is 3.27. The zero-order valence-corrected chi connectivity index (χ0v) is 18.2. The van der Waals surface area contributed by atoms with Crippen LogP contribution in [0.2, 0.25) is 0 Å². The monoisotopic (exact) mass is 419 g/mol. The fourth-order valence-electron chi connectivity index (χ4n) is 4.16. The maximum atomic E-state index is 11.1. The Labute approximate surface area is 182 Å². The lowest BCUT2D eigenvalue weighted by atomic mass is 10.1. The summed E-state index contributed by atoms with van der Waals surface area (Å²) in [5.41, 5.74) is 11.1. The molecule has 1 atom stereocenters. The number of nitrogens with two attached hydrogens (primary N) is 1. The summed E-state index contributed by atoms with van der Waals surface area (Å²) in [5.74, 6) is 1.38. The molecule has 0 bridgehead atoms. The maximum absolute atomic E-state index is 11.1. The summed E-state index contributed by atoms with van der Waals surface area (Å²) in [7, 11) is 0. The molecule has 2 aromatic heterocycles. The van der Waals surface area contributed by atoms with Crippen LogP contribution in [-0.4, -0.2) is 44.6 Å². The maximum Gasteiger partial charge on any atom is 0.312 e. The van der Waals surface area contributed by atoms with E-state index in [9.17, 15) is 4.79 Å². The number of nitrogens with one attached hydrogen (secondary N) is 2. The van der Waals surface area contributed by atoms with Crippen molar-refractivity contribution < 1.29 is 4.79 Å². The van der Waals surface area contributed by atoms with Crippen molar-refractivity contribution in [1.82, 2.24) is 24.8 Å². The highest BCUT2D eigenvalue weighted by molar-refractivity contribution is 5.72. The first-order valence-corrected chi connectivity index (χ1v) is 10.5. The first-order chi connectivity index (χ1) is 14.9. The summed E-state index contributed by atoms with van der Waals surface area (Å²) in [6.07, 6.45) is 6.89. The van der Waals surface area contributed by atoms with Crippen molar-refractivity contribution in [3.05, 3.63) is 65.1 Å². The van der Waals surface area contributed by atoms with Gasteiger partial charge in [-0.25, -0.2) is 9.78 Å². The number of aromatic nitrogens is 3. The zero-order valence-electron chi connectivity index (χ0n) is 18.2. The lowest BCUT2D eigenvalue weighted by molar-refractivity contribution is 0.244. The Morgan fingerprint density at radius 3 is 2.71 bits per heavy atom. The number of nitrogens with zero attached hydrogens (tertiary/aromatic N) is 4. The van der Waals surface area contributed by atoms with Crippen LogP contribution in [0.5, 0.6) is 0 Å². The van der Waals surface area contributed by atoms with Crippen molar-refractivity contribution in [2.75, 3.05) is 18.4 Å². The van der Waals surface area contributed by atoms with Crippen LogP contribution in [0.4, 0.5) is 16.4 Å². The fourth-order valence-corrected chi connectivity index (χ4v) is 4.16. The van der Waals surface area contributed by atoms with Gasteiger partial charge in [0.15, 0.2) is 0 Å². The van der Waals surface area contributed by atoms with E-state index >= 15 is 0 Å². The first kappa shape index (κ1) is 20.9. The SMILES string of the molecule is Cc1cc(C)cc(Nc2nccc(-n3cc(C)c(CN4CCC(NC(N)=O)C4)c3)n2)c1. The van der Waals surface area contributed by atoms with Gasteiger partial charge in [0.2, 0.25) is 5.95 Å². The van der Waals surface area contributed by atoms with E-state index in [1.54, 1.807) is 6.20 Å². The Morgan fingerprint density at radius 2 is 1.97 bits per heavy atom. The molecule has 1 fully saturated rings. The van der Waals surface area contributed by atoms with Crippen molar-refractivity contribution in [3.8, 4) is 5.82 Å². The van der Waals surface area contributed by atoms with Gasteiger partial charge in [-0.2, -0.15) is 4.98 Å². The highest BCUT2D eigenvalue weighted by Gasteiger charge is 2.24. The second kappa shape index (κ2) is 8.77. The summed E-state index contributed by atoms with van der Waals surface area (Å²) in [4.78, 5) is 22.5. The van der Waals surface area contributed by atoms with Gasteiger partial charge < -0.3 is 20.9 Å². The minimum absolute atomic E-state index is 0.126. The van der Waals surface area contributed by atoms with Gasteiger partial charge in [0.05, 0.1) is 0 Å². The third-order valence-electron chi connectivity index (χ3n) is 5.53. The molecule has 4 N–H and O–H groups in total. The van der Waals surface area contributed by atoms with E-state index in [0.717, 1.165) is 37.6 Å². The van der Waals surface area contributed by atoms with Crippen molar-refractivity contribution in [2.45, 2.75) is 39.8 Å². The Balaban J connectivity index is 1.47. The predicted octanol–water partition coefficient (Wildman–Crippen LogP) is 3.18. The van der Waals surface area contributed by atoms with E-state index in [2.05, 4.69) is 71.9 Å². The zero-order chi connectivity index (χ0) is 22.0.